The first kappa shape index (κ1) is 11.5. The predicted molar refractivity (Wildman–Crippen MR) is 77.0 cm³/mol. The molecule has 3 heteroatoms. The van der Waals surface area contributed by atoms with Crippen LogP contribution in [0.1, 0.15) is 16.1 Å². The summed E-state index contributed by atoms with van der Waals surface area (Å²) in [5.74, 6) is -0.437. The van der Waals surface area contributed by atoms with E-state index in [2.05, 4.69) is 11.1 Å². The van der Waals surface area contributed by atoms with Crippen molar-refractivity contribution in [3.63, 3.8) is 0 Å². The molecule has 1 amide bonds. The lowest BCUT2D eigenvalue weighted by Crippen LogP contribution is -2.12. The van der Waals surface area contributed by atoms with Crippen molar-refractivity contribution >= 4 is 16.8 Å². The van der Waals surface area contributed by atoms with E-state index in [0.717, 1.165) is 27.6 Å². The summed E-state index contributed by atoms with van der Waals surface area (Å²) >= 11 is 0. The van der Waals surface area contributed by atoms with Gasteiger partial charge in [0.05, 0.1) is 0 Å². The maximum atomic E-state index is 11.6. The van der Waals surface area contributed by atoms with Crippen molar-refractivity contribution in [2.45, 2.75) is 6.92 Å². The third kappa shape index (κ3) is 1.89. The summed E-state index contributed by atoms with van der Waals surface area (Å²) < 4.78 is 0. The van der Waals surface area contributed by atoms with Gasteiger partial charge in [-0.15, -0.1) is 0 Å². The molecule has 0 saturated carbocycles. The van der Waals surface area contributed by atoms with E-state index >= 15 is 0 Å². The molecule has 3 N–H and O–H groups in total. The number of amides is 1. The number of hydrogen-bond donors (Lipinski definition) is 2. The van der Waals surface area contributed by atoms with Gasteiger partial charge in [-0.1, -0.05) is 42.0 Å². The van der Waals surface area contributed by atoms with Crippen LogP contribution in [0, 0.1) is 6.92 Å². The minimum Gasteiger partial charge on any atom is -0.364 e. The van der Waals surface area contributed by atoms with Crippen LogP contribution in [0.25, 0.3) is 22.0 Å². The number of nitrogens with two attached hydrogens (primary N) is 1. The van der Waals surface area contributed by atoms with Crippen molar-refractivity contribution in [1.82, 2.24) is 4.98 Å². The number of aromatic amines is 1. The Morgan fingerprint density at radius 2 is 1.84 bits per heavy atom. The highest BCUT2D eigenvalue weighted by Crippen LogP contribution is 2.32. The van der Waals surface area contributed by atoms with Crippen LogP contribution in [-0.4, -0.2) is 10.9 Å². The highest BCUT2D eigenvalue weighted by molar-refractivity contribution is 6.09. The van der Waals surface area contributed by atoms with Crippen LogP contribution in [0.3, 0.4) is 0 Å². The Labute approximate surface area is 111 Å². The molecule has 0 bridgehead atoms. The van der Waals surface area contributed by atoms with Crippen molar-refractivity contribution in [3.05, 3.63) is 59.8 Å². The Morgan fingerprint density at radius 3 is 2.53 bits per heavy atom. The van der Waals surface area contributed by atoms with Crippen LogP contribution < -0.4 is 5.73 Å². The van der Waals surface area contributed by atoms with Gasteiger partial charge < -0.3 is 10.7 Å². The number of rotatable bonds is 2. The minimum atomic E-state index is -0.437. The quantitative estimate of drug-likeness (QED) is 0.720. The van der Waals surface area contributed by atoms with Crippen molar-refractivity contribution in [1.29, 1.82) is 0 Å². The lowest BCUT2D eigenvalue weighted by atomic mass is 10.0. The van der Waals surface area contributed by atoms with Crippen LogP contribution in [0.5, 0.6) is 0 Å². The van der Waals surface area contributed by atoms with E-state index in [0.29, 0.717) is 5.69 Å². The molecule has 0 atom stereocenters. The van der Waals surface area contributed by atoms with Crippen molar-refractivity contribution in [2.75, 3.05) is 0 Å². The highest BCUT2D eigenvalue weighted by Gasteiger charge is 2.16. The fourth-order valence-corrected chi connectivity index (χ4v) is 2.40. The first-order valence-corrected chi connectivity index (χ1v) is 6.14. The Hall–Kier alpha value is -2.55. The van der Waals surface area contributed by atoms with E-state index in [1.807, 2.05) is 49.4 Å². The zero-order chi connectivity index (χ0) is 13.4. The Kier molecular flexibility index (Phi) is 2.60. The molecule has 1 aromatic heterocycles. The average molecular weight is 250 g/mol. The number of benzene rings is 2. The number of primary amides is 1. The summed E-state index contributed by atoms with van der Waals surface area (Å²) in [6.45, 7) is 2.03. The van der Waals surface area contributed by atoms with Gasteiger partial charge in [-0.3, -0.25) is 4.79 Å². The Balaban J connectivity index is 2.40. The number of hydrogen-bond acceptors (Lipinski definition) is 1. The summed E-state index contributed by atoms with van der Waals surface area (Å²) in [4.78, 5) is 14.8. The number of aryl methyl sites for hydroxylation is 1. The molecular weight excluding hydrogens is 236 g/mol. The first-order chi connectivity index (χ1) is 9.16. The molecule has 3 nitrogen and oxygen atoms in total. The molecule has 0 aliphatic carbocycles. The minimum absolute atomic E-state index is 0.437. The molecule has 2 aromatic carbocycles. The lowest BCUT2D eigenvalue weighted by molar-refractivity contribution is 0.0997. The second kappa shape index (κ2) is 4.28. The van der Waals surface area contributed by atoms with Gasteiger partial charge in [0.2, 0.25) is 0 Å². The normalized spacial score (nSPS) is 10.8. The summed E-state index contributed by atoms with van der Waals surface area (Å²) in [5, 5.41) is 1.03. The largest absolute Gasteiger partial charge is 0.364 e. The molecule has 94 valence electrons. The van der Waals surface area contributed by atoms with Gasteiger partial charge in [0.25, 0.3) is 5.91 Å². The van der Waals surface area contributed by atoms with Gasteiger partial charge in [-0.2, -0.15) is 0 Å². The zero-order valence-electron chi connectivity index (χ0n) is 10.6. The maximum Gasteiger partial charge on any atom is 0.265 e. The monoisotopic (exact) mass is 250 g/mol. The van der Waals surface area contributed by atoms with Crippen LogP contribution in [-0.2, 0) is 0 Å². The number of aromatic nitrogens is 1. The van der Waals surface area contributed by atoms with Crippen LogP contribution >= 0.6 is 0 Å². The van der Waals surface area contributed by atoms with E-state index in [-0.39, 0.29) is 0 Å². The van der Waals surface area contributed by atoms with Gasteiger partial charge in [0.15, 0.2) is 0 Å². The van der Waals surface area contributed by atoms with Crippen LogP contribution in [0.15, 0.2) is 48.5 Å². The highest BCUT2D eigenvalue weighted by atomic mass is 16.1. The van der Waals surface area contributed by atoms with E-state index in [9.17, 15) is 4.79 Å². The maximum absolute atomic E-state index is 11.6. The van der Waals surface area contributed by atoms with Crippen molar-refractivity contribution in [3.8, 4) is 11.1 Å². The molecular formula is C16H14N2O. The molecule has 0 aliphatic rings. The number of carbonyl (C=O) groups is 1. The predicted octanol–water partition coefficient (Wildman–Crippen LogP) is 3.24. The summed E-state index contributed by atoms with van der Waals surface area (Å²) in [6.07, 6.45) is 0. The molecule has 0 fully saturated rings. The molecule has 0 saturated heterocycles. The third-order valence-corrected chi connectivity index (χ3v) is 3.26. The van der Waals surface area contributed by atoms with E-state index in [1.165, 1.54) is 0 Å². The number of carbonyl (C=O) groups excluding carboxylic acids is 1. The SMILES string of the molecule is Cc1ccc2[nH]c(C(N)=O)c(-c3ccccc3)c2c1. The Bertz CT molecular complexity index is 757. The molecule has 19 heavy (non-hydrogen) atoms. The van der Waals surface area contributed by atoms with Gasteiger partial charge in [-0.05, 0) is 24.6 Å². The zero-order valence-corrected chi connectivity index (χ0v) is 10.6. The lowest BCUT2D eigenvalue weighted by Gasteiger charge is -2.02. The molecule has 0 unspecified atom stereocenters. The van der Waals surface area contributed by atoms with Crippen molar-refractivity contribution in [2.24, 2.45) is 5.73 Å². The second-order valence-corrected chi connectivity index (χ2v) is 4.65. The summed E-state index contributed by atoms with van der Waals surface area (Å²) in [6, 6.07) is 15.9. The second-order valence-electron chi connectivity index (χ2n) is 4.65. The molecule has 0 spiro atoms. The molecule has 0 aliphatic heterocycles. The van der Waals surface area contributed by atoms with E-state index in [4.69, 9.17) is 5.73 Å². The van der Waals surface area contributed by atoms with Crippen molar-refractivity contribution < 1.29 is 4.79 Å². The van der Waals surface area contributed by atoms with Gasteiger partial charge in [0, 0.05) is 16.5 Å². The molecule has 0 radical (unpaired) electrons. The van der Waals surface area contributed by atoms with E-state index in [1.54, 1.807) is 0 Å². The number of H-pyrrole nitrogens is 1. The number of nitrogens with one attached hydrogen (secondary N) is 1. The topological polar surface area (TPSA) is 58.9 Å². The van der Waals surface area contributed by atoms with E-state index < -0.39 is 5.91 Å². The first-order valence-electron chi connectivity index (χ1n) is 6.14. The third-order valence-electron chi connectivity index (χ3n) is 3.26. The molecule has 3 aromatic rings. The fourth-order valence-electron chi connectivity index (χ4n) is 2.40. The van der Waals surface area contributed by atoms with Crippen LogP contribution in [0.4, 0.5) is 0 Å². The van der Waals surface area contributed by atoms with Gasteiger partial charge >= 0.3 is 0 Å². The Morgan fingerprint density at radius 1 is 1.11 bits per heavy atom. The average Bonchev–Trinajstić information content (AvgIpc) is 2.78. The van der Waals surface area contributed by atoms with Gasteiger partial charge in [0.1, 0.15) is 5.69 Å². The standard InChI is InChI=1S/C16H14N2O/c1-10-7-8-13-12(9-10)14(15(18-13)16(17)19)11-5-3-2-4-6-11/h2-9,18H,1H3,(H2,17,19). The summed E-state index contributed by atoms with van der Waals surface area (Å²) in [5.41, 5.74) is 9.90. The molecule has 1 heterocycles. The van der Waals surface area contributed by atoms with Gasteiger partial charge in [-0.25, -0.2) is 0 Å². The smallest absolute Gasteiger partial charge is 0.265 e. The van der Waals surface area contributed by atoms with Crippen LogP contribution in [0.2, 0.25) is 0 Å². The molecule has 3 rings (SSSR count). The summed E-state index contributed by atoms with van der Waals surface area (Å²) in [7, 11) is 0. The fraction of sp³-hybridized carbons (Fsp3) is 0.0625. The number of fused-ring (bicyclic) bond motifs is 1.